The predicted molar refractivity (Wildman–Crippen MR) is 137 cm³/mol. The van der Waals surface area contributed by atoms with E-state index in [1.807, 2.05) is 30.3 Å². The third-order valence-corrected chi connectivity index (χ3v) is 7.30. The standard InChI is InChI=1S/C28H37FN4O2/c1-19(2)26-22-12-11-21(29)18-20(22)13-14-28(26,35-27(34)30-3)15-17-33(4)16-7-10-25-31-23-8-5-6-9-24(23)32-25/h5-6,8-9,11-12,18-19,26H,7,10,13-17H2,1-4H3,(H,30,34)(H,31,32). The Hall–Kier alpha value is -2.93. The molecule has 0 saturated heterocycles. The highest BCUT2D eigenvalue weighted by Gasteiger charge is 2.47. The lowest BCUT2D eigenvalue weighted by atomic mass is 9.65. The number of ether oxygens (including phenoxy) is 1. The highest BCUT2D eigenvalue weighted by molar-refractivity contribution is 5.74. The Morgan fingerprint density at radius 3 is 2.83 bits per heavy atom. The van der Waals surface area contributed by atoms with Gasteiger partial charge in [-0.05, 0) is 74.2 Å². The largest absolute Gasteiger partial charge is 0.442 e. The number of rotatable bonds is 9. The fourth-order valence-corrected chi connectivity index (χ4v) is 5.66. The summed E-state index contributed by atoms with van der Waals surface area (Å²) in [7, 11) is 3.71. The zero-order valence-electron chi connectivity index (χ0n) is 21.2. The van der Waals surface area contributed by atoms with Crippen LogP contribution in [0.2, 0.25) is 0 Å². The Bertz CT molecular complexity index is 1130. The fourth-order valence-electron chi connectivity index (χ4n) is 5.66. The van der Waals surface area contributed by atoms with E-state index in [4.69, 9.17) is 4.74 Å². The van der Waals surface area contributed by atoms with Gasteiger partial charge in [0.25, 0.3) is 0 Å². The van der Waals surface area contributed by atoms with Crippen molar-refractivity contribution in [1.82, 2.24) is 20.2 Å². The quantitative estimate of drug-likeness (QED) is 0.428. The third kappa shape index (κ3) is 5.67. The first-order chi connectivity index (χ1) is 16.8. The van der Waals surface area contributed by atoms with E-state index in [2.05, 4.69) is 41.1 Å². The highest BCUT2D eigenvalue weighted by atomic mass is 19.1. The van der Waals surface area contributed by atoms with Gasteiger partial charge >= 0.3 is 6.09 Å². The number of aryl methyl sites for hydroxylation is 2. The summed E-state index contributed by atoms with van der Waals surface area (Å²) in [6, 6.07) is 13.1. The van der Waals surface area contributed by atoms with Crippen molar-refractivity contribution in [2.45, 2.75) is 57.5 Å². The number of para-hydroxylation sites is 2. The van der Waals surface area contributed by atoms with Crippen molar-refractivity contribution in [2.75, 3.05) is 27.2 Å². The number of nitrogens with one attached hydrogen (secondary N) is 2. The average Bonchev–Trinajstić information content (AvgIpc) is 3.25. The van der Waals surface area contributed by atoms with Crippen molar-refractivity contribution in [1.29, 1.82) is 0 Å². The number of alkyl carbamates (subject to hydrolysis) is 1. The summed E-state index contributed by atoms with van der Waals surface area (Å²) in [5.41, 5.74) is 3.57. The smallest absolute Gasteiger partial charge is 0.407 e. The van der Waals surface area contributed by atoms with Crippen LogP contribution in [-0.4, -0.2) is 53.7 Å². The van der Waals surface area contributed by atoms with Crippen LogP contribution in [0.15, 0.2) is 42.5 Å². The van der Waals surface area contributed by atoms with Gasteiger partial charge in [0.05, 0.1) is 11.0 Å². The summed E-state index contributed by atoms with van der Waals surface area (Å²) in [6.07, 6.45) is 3.56. The van der Waals surface area contributed by atoms with Gasteiger partial charge in [0, 0.05) is 32.4 Å². The van der Waals surface area contributed by atoms with Gasteiger partial charge in [0.1, 0.15) is 17.2 Å². The topological polar surface area (TPSA) is 70.2 Å². The molecule has 1 aliphatic rings. The van der Waals surface area contributed by atoms with Gasteiger partial charge in [-0.25, -0.2) is 14.2 Å². The molecule has 1 aromatic heterocycles. The highest BCUT2D eigenvalue weighted by Crippen LogP contribution is 2.48. The van der Waals surface area contributed by atoms with Crippen LogP contribution in [0.4, 0.5) is 9.18 Å². The van der Waals surface area contributed by atoms with Gasteiger partial charge in [0.15, 0.2) is 0 Å². The number of benzene rings is 2. The number of aromatic amines is 1. The van der Waals surface area contributed by atoms with Crippen LogP contribution in [0.5, 0.6) is 0 Å². The second-order valence-corrected chi connectivity index (χ2v) is 10.1. The minimum Gasteiger partial charge on any atom is -0.442 e. The Balaban J connectivity index is 1.43. The Morgan fingerprint density at radius 1 is 1.29 bits per heavy atom. The van der Waals surface area contributed by atoms with E-state index >= 15 is 0 Å². The van der Waals surface area contributed by atoms with Gasteiger partial charge in [-0.2, -0.15) is 0 Å². The number of carbonyl (C=O) groups is 1. The number of hydrogen-bond donors (Lipinski definition) is 2. The van der Waals surface area contributed by atoms with E-state index in [-0.39, 0.29) is 17.7 Å². The van der Waals surface area contributed by atoms with E-state index in [1.165, 1.54) is 6.07 Å². The maximum atomic E-state index is 13.9. The van der Waals surface area contributed by atoms with Crippen molar-refractivity contribution in [3.05, 3.63) is 65.2 Å². The van der Waals surface area contributed by atoms with E-state index in [0.717, 1.165) is 60.3 Å². The van der Waals surface area contributed by atoms with E-state index in [0.29, 0.717) is 12.8 Å². The minimum absolute atomic E-state index is 0.00750. The number of aromatic nitrogens is 2. The first-order valence-electron chi connectivity index (χ1n) is 12.6. The lowest BCUT2D eigenvalue weighted by molar-refractivity contribution is -0.0435. The van der Waals surface area contributed by atoms with E-state index in [1.54, 1.807) is 13.1 Å². The molecule has 188 valence electrons. The molecule has 1 amide bonds. The molecule has 0 saturated carbocycles. The van der Waals surface area contributed by atoms with E-state index < -0.39 is 11.7 Å². The zero-order chi connectivity index (χ0) is 25.0. The first-order valence-corrected chi connectivity index (χ1v) is 12.6. The Morgan fingerprint density at radius 2 is 2.09 bits per heavy atom. The maximum Gasteiger partial charge on any atom is 0.407 e. The first kappa shape index (κ1) is 25.2. The number of H-pyrrole nitrogens is 1. The number of amides is 1. The molecule has 1 aliphatic carbocycles. The molecular formula is C28H37FN4O2. The number of halogens is 1. The average molecular weight is 481 g/mol. The molecule has 2 aromatic carbocycles. The van der Waals surface area contributed by atoms with Gasteiger partial charge in [-0.15, -0.1) is 0 Å². The maximum absolute atomic E-state index is 13.9. The molecule has 1 heterocycles. The lowest BCUT2D eigenvalue weighted by Gasteiger charge is -2.47. The van der Waals surface area contributed by atoms with Gasteiger partial charge in [-0.1, -0.05) is 32.0 Å². The molecule has 0 aliphatic heterocycles. The Labute approximate surface area is 207 Å². The second kappa shape index (κ2) is 10.8. The number of hydrogen-bond acceptors (Lipinski definition) is 4. The normalized spacial score (nSPS) is 19.8. The molecule has 2 atom stereocenters. The van der Waals surface area contributed by atoms with Crippen LogP contribution in [0.3, 0.4) is 0 Å². The monoisotopic (exact) mass is 480 g/mol. The molecule has 4 rings (SSSR count). The van der Waals surface area contributed by atoms with Crippen molar-refractivity contribution in [3.63, 3.8) is 0 Å². The summed E-state index contributed by atoms with van der Waals surface area (Å²) in [4.78, 5) is 22.8. The lowest BCUT2D eigenvalue weighted by Crippen LogP contribution is -2.49. The van der Waals surface area contributed by atoms with Crippen molar-refractivity contribution < 1.29 is 13.9 Å². The molecule has 0 radical (unpaired) electrons. The molecule has 2 unspecified atom stereocenters. The Kier molecular flexibility index (Phi) is 7.75. The SMILES string of the molecule is CNC(=O)OC1(CCN(C)CCCc2nc3ccccc3[nH]2)CCc2cc(F)ccc2C1C(C)C. The van der Waals surface area contributed by atoms with Crippen LogP contribution >= 0.6 is 0 Å². The summed E-state index contributed by atoms with van der Waals surface area (Å²) in [5, 5.41) is 2.64. The van der Waals surface area contributed by atoms with Crippen LogP contribution in [0, 0.1) is 11.7 Å². The molecule has 0 bridgehead atoms. The summed E-state index contributed by atoms with van der Waals surface area (Å²) in [6.45, 7) is 6.03. The summed E-state index contributed by atoms with van der Waals surface area (Å²) < 4.78 is 20.1. The second-order valence-electron chi connectivity index (χ2n) is 10.1. The van der Waals surface area contributed by atoms with Crippen molar-refractivity contribution in [2.24, 2.45) is 5.92 Å². The van der Waals surface area contributed by atoms with Crippen molar-refractivity contribution in [3.8, 4) is 0 Å². The number of imidazole rings is 1. The minimum atomic E-state index is -0.633. The summed E-state index contributed by atoms with van der Waals surface area (Å²) in [5.74, 6) is 1.04. The molecule has 7 heteroatoms. The van der Waals surface area contributed by atoms with Crippen LogP contribution in [0.25, 0.3) is 11.0 Å². The third-order valence-electron chi connectivity index (χ3n) is 7.30. The molecule has 6 nitrogen and oxygen atoms in total. The number of fused-ring (bicyclic) bond motifs is 2. The zero-order valence-corrected chi connectivity index (χ0v) is 21.2. The van der Waals surface area contributed by atoms with Gasteiger partial charge < -0.3 is 19.9 Å². The van der Waals surface area contributed by atoms with Gasteiger partial charge in [-0.3, -0.25) is 0 Å². The molecule has 35 heavy (non-hydrogen) atoms. The van der Waals surface area contributed by atoms with Crippen LogP contribution in [0.1, 0.15) is 56.0 Å². The van der Waals surface area contributed by atoms with Crippen LogP contribution < -0.4 is 5.32 Å². The molecular weight excluding hydrogens is 443 g/mol. The van der Waals surface area contributed by atoms with Crippen LogP contribution in [-0.2, 0) is 17.6 Å². The number of nitrogens with zero attached hydrogens (tertiary/aromatic N) is 2. The molecule has 0 fully saturated rings. The molecule has 2 N–H and O–H groups in total. The molecule has 0 spiro atoms. The number of carbonyl (C=O) groups excluding carboxylic acids is 1. The summed E-state index contributed by atoms with van der Waals surface area (Å²) >= 11 is 0. The van der Waals surface area contributed by atoms with Gasteiger partial charge in [0.2, 0.25) is 0 Å². The van der Waals surface area contributed by atoms with E-state index in [9.17, 15) is 9.18 Å². The fraction of sp³-hybridized carbons (Fsp3) is 0.500. The van der Waals surface area contributed by atoms with Crippen molar-refractivity contribution >= 4 is 17.1 Å². The predicted octanol–water partition coefficient (Wildman–Crippen LogP) is 5.44. The molecule has 3 aromatic rings.